The molecule has 8 nitrogen and oxygen atoms in total. The molecule has 0 aliphatic heterocycles. The summed E-state index contributed by atoms with van der Waals surface area (Å²) in [6, 6.07) is 5.47. The van der Waals surface area contributed by atoms with Crippen molar-refractivity contribution in [2.24, 2.45) is 0 Å². The molecule has 110 valence electrons. The van der Waals surface area contributed by atoms with E-state index in [-0.39, 0.29) is 15.7 Å². The summed E-state index contributed by atoms with van der Waals surface area (Å²) in [4.78, 5) is 13.2. The highest BCUT2D eigenvalue weighted by atomic mass is 35.5. The van der Waals surface area contributed by atoms with Crippen molar-refractivity contribution in [3.8, 4) is 5.75 Å². The van der Waals surface area contributed by atoms with Crippen molar-refractivity contribution >= 4 is 33.1 Å². The van der Waals surface area contributed by atoms with E-state index in [0.29, 0.717) is 0 Å². The van der Waals surface area contributed by atoms with Crippen molar-refractivity contribution in [3.05, 3.63) is 51.7 Å². The fraction of sp³-hybridized carbons (Fsp3) is 0. The Labute approximate surface area is 124 Å². The van der Waals surface area contributed by atoms with Crippen molar-refractivity contribution in [1.29, 1.82) is 0 Å². The van der Waals surface area contributed by atoms with Crippen molar-refractivity contribution in [2.75, 3.05) is 4.72 Å². The number of sulfonamides is 1. The van der Waals surface area contributed by atoms with Crippen molar-refractivity contribution in [2.45, 2.75) is 4.90 Å². The van der Waals surface area contributed by atoms with Crippen LogP contribution in [0, 0.1) is 10.1 Å². The Hall–Kier alpha value is -2.39. The van der Waals surface area contributed by atoms with Crippen LogP contribution in [0.2, 0.25) is 5.02 Å². The molecule has 0 bridgehead atoms. The van der Waals surface area contributed by atoms with Crippen LogP contribution in [0.5, 0.6) is 5.75 Å². The molecular weight excluding hydrogens is 322 g/mol. The number of halogens is 1. The molecule has 2 aromatic rings. The molecule has 0 amide bonds. The number of anilines is 1. The highest BCUT2D eigenvalue weighted by Crippen LogP contribution is 2.29. The smallest absolute Gasteiger partial charge is 0.312 e. The number of rotatable bonds is 4. The van der Waals surface area contributed by atoms with Crippen LogP contribution in [0.25, 0.3) is 0 Å². The highest BCUT2D eigenvalue weighted by Gasteiger charge is 2.21. The van der Waals surface area contributed by atoms with Gasteiger partial charge < -0.3 is 5.11 Å². The molecule has 21 heavy (non-hydrogen) atoms. The fourth-order valence-electron chi connectivity index (χ4n) is 1.47. The molecule has 10 heteroatoms. The van der Waals surface area contributed by atoms with Crippen LogP contribution in [0.3, 0.4) is 0 Å². The average molecular weight is 330 g/mol. The minimum Gasteiger partial charge on any atom is -0.502 e. The molecule has 0 spiro atoms. The molecule has 1 aromatic carbocycles. The molecule has 0 fully saturated rings. The maximum Gasteiger partial charge on any atom is 0.312 e. The van der Waals surface area contributed by atoms with E-state index in [0.717, 1.165) is 18.2 Å². The third kappa shape index (κ3) is 3.38. The van der Waals surface area contributed by atoms with Crippen molar-refractivity contribution in [1.82, 2.24) is 4.98 Å². The quantitative estimate of drug-likeness (QED) is 0.654. The number of hydrogen-bond acceptors (Lipinski definition) is 6. The first kappa shape index (κ1) is 15.0. The Morgan fingerprint density at radius 1 is 1.29 bits per heavy atom. The lowest BCUT2D eigenvalue weighted by atomic mass is 10.3. The van der Waals surface area contributed by atoms with Gasteiger partial charge in [-0.25, -0.2) is 13.4 Å². The third-order valence-electron chi connectivity index (χ3n) is 2.41. The molecule has 0 aliphatic carbocycles. The predicted molar refractivity (Wildman–Crippen MR) is 74.8 cm³/mol. The van der Waals surface area contributed by atoms with Gasteiger partial charge in [-0.1, -0.05) is 11.6 Å². The molecule has 0 unspecified atom stereocenters. The number of nitro groups is 1. The number of hydrogen-bond donors (Lipinski definition) is 2. The van der Waals surface area contributed by atoms with Gasteiger partial charge in [0.05, 0.1) is 9.82 Å². The van der Waals surface area contributed by atoms with Gasteiger partial charge in [-0.2, -0.15) is 0 Å². The second-order valence-electron chi connectivity index (χ2n) is 3.87. The lowest BCUT2D eigenvalue weighted by molar-refractivity contribution is -0.386. The zero-order valence-electron chi connectivity index (χ0n) is 10.2. The van der Waals surface area contributed by atoms with Gasteiger partial charge in [0, 0.05) is 23.4 Å². The minimum atomic E-state index is -4.09. The van der Waals surface area contributed by atoms with Gasteiger partial charge >= 0.3 is 5.69 Å². The molecule has 0 radical (unpaired) electrons. The van der Waals surface area contributed by atoms with E-state index in [4.69, 9.17) is 11.6 Å². The molecule has 0 saturated carbocycles. The second kappa shape index (κ2) is 5.54. The fourth-order valence-corrected chi connectivity index (χ4v) is 2.65. The molecule has 2 rings (SSSR count). The monoisotopic (exact) mass is 329 g/mol. The number of nitrogens with one attached hydrogen (secondary N) is 1. The number of nitrogens with zero attached hydrogens (tertiary/aromatic N) is 2. The van der Waals surface area contributed by atoms with Gasteiger partial charge in [-0.15, -0.1) is 0 Å². The number of aromatic nitrogens is 1. The van der Waals surface area contributed by atoms with Gasteiger partial charge in [0.15, 0.2) is 5.75 Å². The Morgan fingerprint density at radius 2 is 2.00 bits per heavy atom. The topological polar surface area (TPSA) is 122 Å². The summed E-state index contributed by atoms with van der Waals surface area (Å²) < 4.78 is 26.3. The summed E-state index contributed by atoms with van der Waals surface area (Å²) in [6.45, 7) is 0. The van der Waals surface area contributed by atoms with E-state index in [1.54, 1.807) is 0 Å². The van der Waals surface area contributed by atoms with Gasteiger partial charge in [-0.3, -0.25) is 14.8 Å². The summed E-state index contributed by atoms with van der Waals surface area (Å²) >= 11 is 5.71. The van der Waals surface area contributed by atoms with E-state index >= 15 is 0 Å². The summed E-state index contributed by atoms with van der Waals surface area (Å²) in [5, 5.41) is 20.3. The number of pyridine rings is 1. The first-order chi connectivity index (χ1) is 9.79. The molecule has 2 N–H and O–H groups in total. The second-order valence-corrected chi connectivity index (χ2v) is 5.99. The summed E-state index contributed by atoms with van der Waals surface area (Å²) in [5.74, 6) is -0.655. The SMILES string of the molecule is O=[N+]([O-])c1cc(S(=O)(=O)Nc2cc(Cl)ccn2)ccc1O. The first-order valence-corrected chi connectivity index (χ1v) is 7.27. The van der Waals surface area contributed by atoms with Gasteiger partial charge in [0.25, 0.3) is 10.0 Å². The molecule has 0 saturated heterocycles. The van der Waals surface area contributed by atoms with E-state index in [1.165, 1.54) is 18.3 Å². The number of aromatic hydroxyl groups is 1. The summed E-state index contributed by atoms with van der Waals surface area (Å²) in [5.41, 5.74) is -0.711. The van der Waals surface area contributed by atoms with Gasteiger partial charge in [-0.05, 0) is 18.2 Å². The van der Waals surface area contributed by atoms with Crippen LogP contribution < -0.4 is 4.72 Å². The van der Waals surface area contributed by atoms with Crippen LogP contribution in [-0.4, -0.2) is 23.4 Å². The van der Waals surface area contributed by atoms with E-state index < -0.39 is 26.4 Å². The van der Waals surface area contributed by atoms with Crippen molar-refractivity contribution in [3.63, 3.8) is 0 Å². The Kier molecular flexibility index (Phi) is 3.96. The third-order valence-corrected chi connectivity index (χ3v) is 4.00. The zero-order valence-corrected chi connectivity index (χ0v) is 11.8. The van der Waals surface area contributed by atoms with Crippen LogP contribution in [0.15, 0.2) is 41.4 Å². The maximum absolute atomic E-state index is 12.1. The van der Waals surface area contributed by atoms with Crippen LogP contribution in [0.4, 0.5) is 11.5 Å². The van der Waals surface area contributed by atoms with Crippen LogP contribution in [0.1, 0.15) is 0 Å². The minimum absolute atomic E-state index is 0.0294. The Balaban J connectivity index is 2.40. The van der Waals surface area contributed by atoms with E-state index in [1.807, 2.05) is 0 Å². The van der Waals surface area contributed by atoms with Crippen LogP contribution >= 0.6 is 11.6 Å². The predicted octanol–water partition coefficient (Wildman–Crippen LogP) is 2.15. The molecule has 0 atom stereocenters. The van der Waals surface area contributed by atoms with E-state index in [2.05, 4.69) is 9.71 Å². The van der Waals surface area contributed by atoms with E-state index in [9.17, 15) is 23.6 Å². The summed E-state index contributed by atoms with van der Waals surface area (Å²) in [7, 11) is -4.09. The molecule has 1 heterocycles. The standard InChI is InChI=1S/C11H8ClN3O5S/c12-7-3-4-13-11(5-7)14-21(19,20)8-1-2-10(16)9(6-8)15(17)18/h1-6,16H,(H,13,14). The highest BCUT2D eigenvalue weighted by molar-refractivity contribution is 7.92. The number of phenols is 1. The molecule has 1 aromatic heterocycles. The zero-order chi connectivity index (χ0) is 15.6. The normalized spacial score (nSPS) is 11.1. The number of benzene rings is 1. The van der Waals surface area contributed by atoms with Crippen LogP contribution in [-0.2, 0) is 10.0 Å². The largest absolute Gasteiger partial charge is 0.502 e. The Bertz CT molecular complexity index is 809. The average Bonchev–Trinajstić information content (AvgIpc) is 2.38. The number of phenolic OH excluding ortho intramolecular Hbond substituents is 1. The van der Waals surface area contributed by atoms with Gasteiger partial charge in [0.2, 0.25) is 0 Å². The molecular formula is C11H8ClN3O5S. The Morgan fingerprint density at radius 3 is 2.62 bits per heavy atom. The maximum atomic E-state index is 12.1. The van der Waals surface area contributed by atoms with Crippen molar-refractivity contribution < 1.29 is 18.4 Å². The lowest BCUT2D eigenvalue weighted by Gasteiger charge is -2.07. The lowest BCUT2D eigenvalue weighted by Crippen LogP contribution is -2.14. The van der Waals surface area contributed by atoms with Gasteiger partial charge in [0.1, 0.15) is 5.82 Å². The first-order valence-electron chi connectivity index (χ1n) is 5.41. The summed E-state index contributed by atoms with van der Waals surface area (Å²) in [6.07, 6.45) is 1.31. The molecule has 0 aliphatic rings. The number of nitro benzene ring substituents is 1.